The Morgan fingerprint density at radius 3 is 2.45 bits per heavy atom. The molecular weight excluding hydrogens is 270 g/mol. The lowest BCUT2D eigenvalue weighted by Gasteiger charge is -2.11. The number of halogens is 1. The predicted molar refractivity (Wildman–Crippen MR) is 75.9 cm³/mol. The zero-order valence-electron chi connectivity index (χ0n) is 10.6. The number of hydrogen-bond donors (Lipinski definition) is 0. The average Bonchev–Trinajstić information content (AvgIpc) is 2.86. The number of aromatic nitrogens is 1. The van der Waals surface area contributed by atoms with Gasteiger partial charge < -0.3 is 0 Å². The monoisotopic (exact) mass is 279 g/mol. The van der Waals surface area contributed by atoms with E-state index in [9.17, 15) is 10.5 Å². The summed E-state index contributed by atoms with van der Waals surface area (Å²) in [4.78, 5) is 4.38. The van der Waals surface area contributed by atoms with Crippen LogP contribution in [0, 0.1) is 22.7 Å². The maximum absolute atomic E-state index is 9.25. The van der Waals surface area contributed by atoms with Crippen LogP contribution in [-0.2, 0) is 11.8 Å². The fraction of sp³-hybridized carbons (Fsp3) is 0.188. The van der Waals surface area contributed by atoms with Gasteiger partial charge in [0.05, 0.1) is 17.8 Å². The first-order valence-electron chi connectivity index (χ1n) is 6.26. The molecule has 1 aromatic heterocycles. The van der Waals surface area contributed by atoms with Crippen LogP contribution in [0.1, 0.15) is 17.7 Å². The van der Waals surface area contributed by atoms with Crippen molar-refractivity contribution in [2.24, 2.45) is 0 Å². The first-order valence-corrected chi connectivity index (χ1v) is 6.64. The van der Waals surface area contributed by atoms with Gasteiger partial charge in [-0.05, 0) is 42.2 Å². The third-order valence-corrected chi connectivity index (χ3v) is 3.95. The molecule has 3 nitrogen and oxygen atoms in total. The maximum Gasteiger partial charge on any atom is 0.185 e. The zero-order chi connectivity index (χ0) is 14.2. The van der Waals surface area contributed by atoms with Crippen LogP contribution in [0.4, 0.5) is 0 Å². The Bertz CT molecular complexity index is 737. The molecule has 2 aromatic rings. The lowest BCUT2D eigenvalue weighted by atomic mass is 9.89. The number of nitrogens with zero attached hydrogens (tertiary/aromatic N) is 3. The third-order valence-electron chi connectivity index (χ3n) is 3.70. The highest BCUT2D eigenvalue weighted by Crippen LogP contribution is 2.38. The molecule has 0 saturated heterocycles. The van der Waals surface area contributed by atoms with Crippen molar-refractivity contribution in [2.75, 3.05) is 0 Å². The Labute approximate surface area is 122 Å². The first kappa shape index (κ1) is 12.7. The van der Waals surface area contributed by atoms with Crippen LogP contribution in [0.5, 0.6) is 0 Å². The number of hydrogen-bond acceptors (Lipinski definition) is 3. The van der Waals surface area contributed by atoms with E-state index in [1.807, 2.05) is 30.3 Å². The Hall–Kier alpha value is -2.36. The summed E-state index contributed by atoms with van der Waals surface area (Å²) in [6.07, 6.45) is 2.95. The zero-order valence-corrected chi connectivity index (χ0v) is 11.4. The quantitative estimate of drug-likeness (QED) is 0.801. The van der Waals surface area contributed by atoms with Gasteiger partial charge in [-0.1, -0.05) is 23.7 Å². The largest absolute Gasteiger partial charge is 0.258 e. The molecular formula is C16H10ClN3. The van der Waals surface area contributed by atoms with Crippen molar-refractivity contribution >= 4 is 11.6 Å². The van der Waals surface area contributed by atoms with Gasteiger partial charge in [0, 0.05) is 16.8 Å². The molecule has 20 heavy (non-hydrogen) atoms. The summed E-state index contributed by atoms with van der Waals surface area (Å²) in [5.41, 5.74) is 2.53. The van der Waals surface area contributed by atoms with E-state index in [2.05, 4.69) is 17.1 Å². The van der Waals surface area contributed by atoms with Gasteiger partial charge in [-0.15, -0.1) is 0 Å². The lowest BCUT2D eigenvalue weighted by Crippen LogP contribution is -2.19. The van der Waals surface area contributed by atoms with Crippen LogP contribution in [0.3, 0.4) is 0 Å². The second-order valence-corrected chi connectivity index (χ2v) is 5.30. The molecule has 0 N–H and O–H groups in total. The Kier molecular flexibility index (Phi) is 2.93. The number of benzene rings is 1. The molecule has 96 valence electrons. The van der Waals surface area contributed by atoms with Crippen LogP contribution >= 0.6 is 11.6 Å². The molecule has 1 aliphatic carbocycles. The molecule has 3 rings (SSSR count). The van der Waals surface area contributed by atoms with E-state index in [0.29, 0.717) is 23.6 Å². The predicted octanol–water partition coefficient (Wildman–Crippen LogP) is 3.63. The molecule has 0 radical (unpaired) electrons. The van der Waals surface area contributed by atoms with Crippen LogP contribution in [0.2, 0.25) is 5.02 Å². The van der Waals surface area contributed by atoms with Gasteiger partial charge in [0.1, 0.15) is 0 Å². The summed E-state index contributed by atoms with van der Waals surface area (Å²) in [5.74, 6) is 0. The maximum atomic E-state index is 9.25. The van der Waals surface area contributed by atoms with E-state index in [0.717, 1.165) is 16.7 Å². The van der Waals surface area contributed by atoms with Crippen molar-refractivity contribution in [1.29, 1.82) is 10.5 Å². The Morgan fingerprint density at radius 1 is 1.10 bits per heavy atom. The lowest BCUT2D eigenvalue weighted by molar-refractivity contribution is 0.672. The van der Waals surface area contributed by atoms with E-state index in [-0.39, 0.29) is 0 Å². The van der Waals surface area contributed by atoms with E-state index < -0.39 is 5.41 Å². The molecule has 1 aromatic carbocycles. The van der Waals surface area contributed by atoms with Gasteiger partial charge in [-0.2, -0.15) is 10.5 Å². The third kappa shape index (κ3) is 1.84. The molecule has 0 bridgehead atoms. The highest BCUT2D eigenvalue weighted by Gasteiger charge is 2.41. The van der Waals surface area contributed by atoms with Crippen molar-refractivity contribution in [3.8, 4) is 23.3 Å². The minimum Gasteiger partial charge on any atom is -0.258 e. The molecule has 1 aliphatic rings. The minimum absolute atomic E-state index is 0.520. The fourth-order valence-corrected chi connectivity index (χ4v) is 2.69. The average molecular weight is 280 g/mol. The number of fused-ring (bicyclic) bond motifs is 1. The number of aryl methyl sites for hydroxylation is 1. The fourth-order valence-electron chi connectivity index (χ4n) is 2.57. The summed E-state index contributed by atoms with van der Waals surface area (Å²) >= 11 is 5.88. The summed E-state index contributed by atoms with van der Waals surface area (Å²) in [6.45, 7) is 0. The van der Waals surface area contributed by atoms with Gasteiger partial charge >= 0.3 is 0 Å². The normalized spacial score (nSPS) is 15.2. The van der Waals surface area contributed by atoms with Gasteiger partial charge in [-0.3, -0.25) is 4.98 Å². The molecule has 0 spiro atoms. The van der Waals surface area contributed by atoms with E-state index in [1.165, 1.54) is 0 Å². The molecule has 0 unspecified atom stereocenters. The molecule has 4 heteroatoms. The SMILES string of the molecule is N#CC1(C#N)CCc2cc(-c3ccc(Cl)cc3)cnc21. The molecule has 0 saturated carbocycles. The summed E-state index contributed by atoms with van der Waals surface area (Å²) in [5, 5.41) is 19.2. The Morgan fingerprint density at radius 2 is 1.80 bits per heavy atom. The second-order valence-electron chi connectivity index (χ2n) is 4.87. The summed E-state index contributed by atoms with van der Waals surface area (Å²) in [6, 6.07) is 13.8. The molecule has 0 aliphatic heterocycles. The van der Waals surface area contributed by atoms with Crippen molar-refractivity contribution in [2.45, 2.75) is 18.3 Å². The number of nitriles is 2. The summed E-state index contributed by atoms with van der Waals surface area (Å²) < 4.78 is 0. The van der Waals surface area contributed by atoms with Crippen molar-refractivity contribution in [3.63, 3.8) is 0 Å². The van der Waals surface area contributed by atoms with E-state index >= 15 is 0 Å². The topological polar surface area (TPSA) is 60.5 Å². The van der Waals surface area contributed by atoms with E-state index in [1.54, 1.807) is 6.20 Å². The molecule has 1 heterocycles. The van der Waals surface area contributed by atoms with Crippen molar-refractivity contribution < 1.29 is 0 Å². The highest BCUT2D eigenvalue weighted by molar-refractivity contribution is 6.30. The highest BCUT2D eigenvalue weighted by atomic mass is 35.5. The van der Waals surface area contributed by atoms with Gasteiger partial charge in [-0.25, -0.2) is 0 Å². The first-order chi connectivity index (χ1) is 9.68. The molecule has 0 atom stereocenters. The van der Waals surface area contributed by atoms with E-state index in [4.69, 9.17) is 11.6 Å². The van der Waals surface area contributed by atoms with Gasteiger partial charge in [0.25, 0.3) is 0 Å². The minimum atomic E-state index is -1.08. The van der Waals surface area contributed by atoms with Crippen molar-refractivity contribution in [3.05, 3.63) is 52.8 Å². The van der Waals surface area contributed by atoms with Crippen LogP contribution in [0.25, 0.3) is 11.1 Å². The van der Waals surface area contributed by atoms with Gasteiger partial charge in [0.15, 0.2) is 5.41 Å². The van der Waals surface area contributed by atoms with Crippen LogP contribution in [-0.4, -0.2) is 4.98 Å². The standard InChI is InChI=1S/C16H10ClN3/c17-14-3-1-11(2-4-14)13-7-12-5-6-16(9-18,10-19)15(12)20-8-13/h1-4,7-8H,5-6H2. The smallest absolute Gasteiger partial charge is 0.185 e. The van der Waals surface area contributed by atoms with Crippen molar-refractivity contribution in [1.82, 2.24) is 4.98 Å². The Balaban J connectivity index is 2.07. The number of pyridine rings is 1. The van der Waals surface area contributed by atoms with Crippen LogP contribution < -0.4 is 0 Å². The van der Waals surface area contributed by atoms with Gasteiger partial charge in [0.2, 0.25) is 0 Å². The number of rotatable bonds is 1. The molecule has 0 fully saturated rings. The van der Waals surface area contributed by atoms with Crippen LogP contribution in [0.15, 0.2) is 36.5 Å². The summed E-state index contributed by atoms with van der Waals surface area (Å²) in [7, 11) is 0. The second kappa shape index (κ2) is 4.63. The molecule has 0 amide bonds.